The zero-order chi connectivity index (χ0) is 13.3. The summed E-state index contributed by atoms with van der Waals surface area (Å²) in [6, 6.07) is 4.32. The van der Waals surface area contributed by atoms with Crippen molar-refractivity contribution in [3.05, 3.63) is 23.8 Å². The van der Waals surface area contributed by atoms with Crippen molar-refractivity contribution in [2.75, 3.05) is 11.1 Å². The average molecular weight is 258 g/mol. The molecule has 3 N–H and O–H groups in total. The van der Waals surface area contributed by atoms with Crippen LogP contribution in [0.15, 0.2) is 18.2 Å². The van der Waals surface area contributed by atoms with Gasteiger partial charge in [0.15, 0.2) is 0 Å². The Morgan fingerprint density at radius 2 is 2.11 bits per heavy atom. The van der Waals surface area contributed by atoms with Crippen LogP contribution in [0.2, 0.25) is 0 Å². The Morgan fingerprint density at radius 3 is 2.72 bits per heavy atom. The molecule has 0 heterocycles. The van der Waals surface area contributed by atoms with E-state index in [1.165, 1.54) is 6.07 Å². The third-order valence-electron chi connectivity index (χ3n) is 3.29. The normalized spacial score (nSPS) is 22.9. The van der Waals surface area contributed by atoms with Gasteiger partial charge in [0.25, 0.3) is 0 Å². The highest BCUT2D eigenvalue weighted by Gasteiger charge is 2.37. The lowest BCUT2D eigenvalue weighted by atomic mass is 10.1. The second-order valence-electron chi connectivity index (χ2n) is 4.84. The summed E-state index contributed by atoms with van der Waals surface area (Å²) < 4.78 is 38.0. The molecule has 1 saturated carbocycles. The number of anilines is 2. The molecule has 1 aromatic rings. The Hall–Kier alpha value is -1.39. The molecule has 2 unspecified atom stereocenters. The molecule has 0 aromatic heterocycles. The van der Waals surface area contributed by atoms with Gasteiger partial charge in [0.1, 0.15) is 0 Å². The minimum absolute atomic E-state index is 0.228. The number of hydrogen-bond acceptors (Lipinski definition) is 2. The van der Waals surface area contributed by atoms with Gasteiger partial charge in [-0.25, -0.2) is 0 Å². The first-order valence-electron chi connectivity index (χ1n) is 6.15. The third-order valence-corrected chi connectivity index (χ3v) is 3.29. The number of nitrogens with two attached hydrogens (primary N) is 1. The van der Waals surface area contributed by atoms with Gasteiger partial charge in [-0.15, -0.1) is 0 Å². The van der Waals surface area contributed by atoms with Crippen LogP contribution in [-0.2, 0) is 6.18 Å². The fourth-order valence-electron chi connectivity index (χ4n) is 2.22. The highest BCUT2D eigenvalue weighted by Crippen LogP contribution is 2.39. The maximum Gasteiger partial charge on any atom is 0.418 e. The van der Waals surface area contributed by atoms with E-state index in [2.05, 4.69) is 12.2 Å². The van der Waals surface area contributed by atoms with Crippen molar-refractivity contribution >= 4 is 11.4 Å². The lowest BCUT2D eigenvalue weighted by molar-refractivity contribution is -0.136. The number of rotatable bonds is 4. The molecule has 0 amide bonds. The monoisotopic (exact) mass is 258 g/mol. The van der Waals surface area contributed by atoms with E-state index in [0.717, 1.165) is 25.3 Å². The van der Waals surface area contributed by atoms with Crippen LogP contribution in [-0.4, -0.2) is 6.04 Å². The summed E-state index contributed by atoms with van der Waals surface area (Å²) in [7, 11) is 0. The molecule has 0 saturated heterocycles. The van der Waals surface area contributed by atoms with Gasteiger partial charge in [0, 0.05) is 17.4 Å². The van der Waals surface area contributed by atoms with Crippen molar-refractivity contribution in [3.8, 4) is 0 Å². The van der Waals surface area contributed by atoms with E-state index in [4.69, 9.17) is 5.73 Å². The lowest BCUT2D eigenvalue weighted by Crippen LogP contribution is -2.11. The number of hydrogen-bond donors (Lipinski definition) is 2. The van der Waals surface area contributed by atoms with Gasteiger partial charge in [-0.3, -0.25) is 0 Å². The largest absolute Gasteiger partial charge is 0.418 e. The molecule has 1 aromatic carbocycles. The van der Waals surface area contributed by atoms with Crippen LogP contribution in [0.25, 0.3) is 0 Å². The summed E-state index contributed by atoms with van der Waals surface area (Å²) in [5.74, 6) is 0.599. The molecular formula is C13H17F3N2. The van der Waals surface area contributed by atoms with Gasteiger partial charge < -0.3 is 11.1 Å². The van der Waals surface area contributed by atoms with Crippen LogP contribution >= 0.6 is 0 Å². The first kappa shape index (κ1) is 13.1. The van der Waals surface area contributed by atoms with Crippen molar-refractivity contribution < 1.29 is 13.2 Å². The van der Waals surface area contributed by atoms with Crippen LogP contribution in [0.4, 0.5) is 24.5 Å². The van der Waals surface area contributed by atoms with E-state index in [0.29, 0.717) is 17.6 Å². The molecule has 0 spiro atoms. The average Bonchev–Trinajstić information content (AvgIpc) is 2.98. The van der Waals surface area contributed by atoms with Gasteiger partial charge in [-0.2, -0.15) is 13.2 Å². The molecule has 1 aliphatic carbocycles. The van der Waals surface area contributed by atoms with Gasteiger partial charge in [0.2, 0.25) is 0 Å². The van der Waals surface area contributed by atoms with Crippen LogP contribution in [0, 0.1) is 5.92 Å². The van der Waals surface area contributed by atoms with Crippen LogP contribution in [0.5, 0.6) is 0 Å². The Balaban J connectivity index is 2.07. The zero-order valence-corrected chi connectivity index (χ0v) is 10.2. The van der Waals surface area contributed by atoms with Gasteiger partial charge in [0.05, 0.1) is 5.56 Å². The third kappa shape index (κ3) is 2.89. The summed E-state index contributed by atoms with van der Waals surface area (Å²) in [5.41, 5.74) is 4.86. The van der Waals surface area contributed by atoms with Gasteiger partial charge in [-0.1, -0.05) is 13.3 Å². The highest BCUT2D eigenvalue weighted by atomic mass is 19.4. The molecule has 1 aliphatic rings. The molecule has 1 fully saturated rings. The summed E-state index contributed by atoms with van der Waals surface area (Å²) in [4.78, 5) is 0. The quantitative estimate of drug-likeness (QED) is 0.804. The molecule has 2 rings (SSSR count). The summed E-state index contributed by atoms with van der Waals surface area (Å²) >= 11 is 0. The standard InChI is InChI=1S/C13H17F3N2/c1-2-3-8-6-12(8)18-9-4-5-11(17)10(7-9)13(14,15)16/h4-5,7-8,12,18H,2-3,6,17H2,1H3. The maximum atomic E-state index is 12.7. The van der Waals surface area contributed by atoms with E-state index >= 15 is 0 Å². The Morgan fingerprint density at radius 1 is 1.39 bits per heavy atom. The molecule has 0 aliphatic heterocycles. The van der Waals surface area contributed by atoms with Gasteiger partial charge in [-0.05, 0) is 37.0 Å². The number of alkyl halides is 3. The van der Waals surface area contributed by atoms with Crippen molar-refractivity contribution in [1.82, 2.24) is 0 Å². The molecule has 100 valence electrons. The number of nitrogen functional groups attached to an aromatic ring is 1. The Bertz CT molecular complexity index is 429. The minimum atomic E-state index is -4.39. The smallest absolute Gasteiger partial charge is 0.398 e. The van der Waals surface area contributed by atoms with Crippen molar-refractivity contribution in [1.29, 1.82) is 0 Å². The molecule has 2 nitrogen and oxygen atoms in total. The summed E-state index contributed by atoms with van der Waals surface area (Å²) in [5, 5.41) is 3.13. The Labute approximate surface area is 104 Å². The first-order valence-corrected chi connectivity index (χ1v) is 6.15. The molecule has 18 heavy (non-hydrogen) atoms. The molecule has 5 heteroatoms. The van der Waals surface area contributed by atoms with Crippen LogP contribution in [0.3, 0.4) is 0 Å². The fourth-order valence-corrected chi connectivity index (χ4v) is 2.22. The van der Waals surface area contributed by atoms with Crippen molar-refractivity contribution in [2.45, 2.75) is 38.4 Å². The number of halogens is 3. The molecule has 0 radical (unpaired) electrons. The van der Waals surface area contributed by atoms with Gasteiger partial charge >= 0.3 is 6.18 Å². The fraction of sp³-hybridized carbons (Fsp3) is 0.538. The number of nitrogens with one attached hydrogen (secondary N) is 1. The lowest BCUT2D eigenvalue weighted by Gasteiger charge is -2.13. The maximum absolute atomic E-state index is 12.7. The topological polar surface area (TPSA) is 38.0 Å². The number of benzene rings is 1. The van der Waals surface area contributed by atoms with E-state index in [1.54, 1.807) is 6.07 Å². The molecule has 2 atom stereocenters. The zero-order valence-electron chi connectivity index (χ0n) is 10.2. The van der Waals surface area contributed by atoms with Crippen LogP contribution in [0.1, 0.15) is 31.7 Å². The van der Waals surface area contributed by atoms with Crippen molar-refractivity contribution in [2.24, 2.45) is 5.92 Å². The van der Waals surface area contributed by atoms with E-state index in [-0.39, 0.29) is 5.69 Å². The van der Waals surface area contributed by atoms with Crippen LogP contribution < -0.4 is 11.1 Å². The van der Waals surface area contributed by atoms with E-state index in [1.807, 2.05) is 0 Å². The molecular weight excluding hydrogens is 241 g/mol. The first-order chi connectivity index (χ1) is 8.41. The summed E-state index contributed by atoms with van der Waals surface area (Å²) in [6.07, 6.45) is -1.12. The second kappa shape index (κ2) is 4.71. The minimum Gasteiger partial charge on any atom is -0.398 e. The van der Waals surface area contributed by atoms with E-state index < -0.39 is 11.7 Å². The Kier molecular flexibility index (Phi) is 3.41. The predicted molar refractivity (Wildman–Crippen MR) is 66.3 cm³/mol. The summed E-state index contributed by atoms with van der Waals surface area (Å²) in [6.45, 7) is 2.11. The molecule has 0 bridgehead atoms. The predicted octanol–water partition coefficient (Wildman–Crippen LogP) is 3.89. The highest BCUT2D eigenvalue weighted by molar-refractivity contribution is 5.59. The SMILES string of the molecule is CCCC1CC1Nc1ccc(N)c(C(F)(F)F)c1. The van der Waals surface area contributed by atoms with E-state index in [9.17, 15) is 13.2 Å². The second-order valence-corrected chi connectivity index (χ2v) is 4.84. The van der Waals surface area contributed by atoms with Crippen molar-refractivity contribution in [3.63, 3.8) is 0 Å².